The summed E-state index contributed by atoms with van der Waals surface area (Å²) >= 11 is 0. The van der Waals surface area contributed by atoms with Gasteiger partial charge >= 0.3 is 5.97 Å². The van der Waals surface area contributed by atoms with Crippen molar-refractivity contribution < 1.29 is 23.5 Å². The summed E-state index contributed by atoms with van der Waals surface area (Å²) in [6.45, 7) is 0.0623. The molecule has 152 valence electrons. The van der Waals surface area contributed by atoms with Gasteiger partial charge in [-0.3, -0.25) is 4.79 Å². The molecule has 4 rings (SSSR count). The van der Waals surface area contributed by atoms with Gasteiger partial charge in [-0.1, -0.05) is 0 Å². The van der Waals surface area contributed by atoms with E-state index in [1.165, 1.54) is 23.4 Å². The van der Waals surface area contributed by atoms with Crippen molar-refractivity contribution in [2.45, 2.75) is 37.6 Å². The normalized spacial score (nSPS) is 18.3. The Morgan fingerprint density at radius 3 is 2.31 bits per heavy atom. The lowest BCUT2D eigenvalue weighted by Gasteiger charge is -2.31. The number of halogens is 2. The third kappa shape index (κ3) is 4.18. The molecule has 1 amide bonds. The van der Waals surface area contributed by atoms with E-state index < -0.39 is 11.9 Å². The number of rotatable bonds is 5. The summed E-state index contributed by atoms with van der Waals surface area (Å²) in [7, 11) is 0. The predicted octanol–water partition coefficient (Wildman–Crippen LogP) is 3.35. The summed E-state index contributed by atoms with van der Waals surface area (Å²) in [5.74, 6) is -3.47. The minimum Gasteiger partial charge on any atom is -0.477 e. The van der Waals surface area contributed by atoms with Gasteiger partial charge in [0.1, 0.15) is 11.5 Å². The maximum absolute atomic E-state index is 13.3. The van der Waals surface area contributed by atoms with Crippen molar-refractivity contribution in [2.24, 2.45) is 0 Å². The molecule has 1 saturated heterocycles. The van der Waals surface area contributed by atoms with Crippen molar-refractivity contribution in [3.8, 4) is 0 Å². The molecular formula is C20H20F2N4O3. The monoisotopic (exact) mass is 402 g/mol. The zero-order chi connectivity index (χ0) is 20.6. The Morgan fingerprint density at radius 2 is 1.79 bits per heavy atom. The van der Waals surface area contributed by atoms with Gasteiger partial charge in [-0.05, 0) is 37.1 Å². The Kier molecular flexibility index (Phi) is 4.89. The van der Waals surface area contributed by atoms with E-state index in [0.29, 0.717) is 11.4 Å². The Morgan fingerprint density at radius 1 is 1.07 bits per heavy atom. The second-order valence-electron chi connectivity index (χ2n) is 7.36. The van der Waals surface area contributed by atoms with Gasteiger partial charge in [0.2, 0.25) is 0 Å². The number of piperidine rings is 1. The standard InChI is InChI=1S/C20H20F2N4O3/c21-20(22)7-9-25(10-8-20)18(27)13-1-6-17(24-11-13)26(14-2-3-14)15-4-5-16(19(28)29)23-12-15/h1,4-6,11-12,14H,2-3,7-10H2,(H,28,29). The number of carbonyl (C=O) groups excluding carboxylic acids is 1. The zero-order valence-corrected chi connectivity index (χ0v) is 15.6. The molecule has 2 fully saturated rings. The summed E-state index contributed by atoms with van der Waals surface area (Å²) in [5.41, 5.74) is 1.04. The molecule has 0 aromatic carbocycles. The number of hydrogen-bond acceptors (Lipinski definition) is 5. The van der Waals surface area contributed by atoms with E-state index in [9.17, 15) is 18.4 Å². The number of likely N-dealkylation sites (tertiary alicyclic amines) is 1. The first-order chi connectivity index (χ1) is 13.8. The second-order valence-corrected chi connectivity index (χ2v) is 7.36. The Bertz CT molecular complexity index is 904. The van der Waals surface area contributed by atoms with E-state index in [-0.39, 0.29) is 43.6 Å². The Balaban J connectivity index is 1.51. The van der Waals surface area contributed by atoms with Crippen molar-refractivity contribution in [3.63, 3.8) is 0 Å². The average molecular weight is 402 g/mol. The number of anilines is 2. The molecule has 0 bridgehead atoms. The Labute approximate surface area is 166 Å². The molecule has 0 spiro atoms. The molecule has 9 heteroatoms. The number of alkyl halides is 2. The van der Waals surface area contributed by atoms with E-state index in [2.05, 4.69) is 9.97 Å². The fourth-order valence-electron chi connectivity index (χ4n) is 3.39. The number of hydrogen-bond donors (Lipinski definition) is 1. The van der Waals surface area contributed by atoms with Crippen molar-refractivity contribution in [1.29, 1.82) is 0 Å². The van der Waals surface area contributed by atoms with E-state index in [1.54, 1.807) is 18.2 Å². The maximum Gasteiger partial charge on any atom is 0.354 e. The summed E-state index contributed by atoms with van der Waals surface area (Å²) in [6, 6.07) is 6.73. The molecule has 1 saturated carbocycles. The SMILES string of the molecule is O=C(O)c1ccc(N(c2ccc(C(=O)N3CCC(F)(F)CC3)cn2)C2CC2)cn1. The molecule has 0 atom stereocenters. The minimum atomic E-state index is -2.70. The van der Waals surface area contributed by atoms with Crippen molar-refractivity contribution in [3.05, 3.63) is 47.9 Å². The first kappa shape index (κ1) is 19.2. The molecule has 2 aromatic rings. The first-order valence-electron chi connectivity index (χ1n) is 9.46. The molecule has 2 aromatic heterocycles. The van der Waals surface area contributed by atoms with E-state index in [1.807, 2.05) is 4.90 Å². The summed E-state index contributed by atoms with van der Waals surface area (Å²) in [4.78, 5) is 35.3. The molecule has 1 aliphatic heterocycles. The summed E-state index contributed by atoms with van der Waals surface area (Å²) in [5, 5.41) is 9.01. The topological polar surface area (TPSA) is 86.6 Å². The van der Waals surface area contributed by atoms with E-state index >= 15 is 0 Å². The lowest BCUT2D eigenvalue weighted by molar-refractivity contribution is -0.0494. The third-order valence-corrected chi connectivity index (χ3v) is 5.18. The van der Waals surface area contributed by atoms with Crippen molar-refractivity contribution >= 4 is 23.4 Å². The smallest absolute Gasteiger partial charge is 0.354 e. The van der Waals surface area contributed by atoms with Gasteiger partial charge in [0.25, 0.3) is 11.8 Å². The molecule has 1 aliphatic carbocycles. The highest BCUT2D eigenvalue weighted by atomic mass is 19.3. The Hall–Kier alpha value is -3.10. The number of nitrogens with zero attached hydrogens (tertiary/aromatic N) is 4. The molecule has 29 heavy (non-hydrogen) atoms. The molecule has 1 N–H and O–H groups in total. The van der Waals surface area contributed by atoms with Gasteiger partial charge in [0.15, 0.2) is 0 Å². The van der Waals surface area contributed by atoms with E-state index in [0.717, 1.165) is 18.5 Å². The highest BCUT2D eigenvalue weighted by molar-refractivity contribution is 5.94. The maximum atomic E-state index is 13.3. The molecule has 3 heterocycles. The van der Waals surface area contributed by atoms with Gasteiger partial charge < -0.3 is 14.9 Å². The zero-order valence-electron chi connectivity index (χ0n) is 15.6. The van der Waals surface area contributed by atoms with Gasteiger partial charge in [0, 0.05) is 38.2 Å². The molecule has 0 unspecified atom stereocenters. The van der Waals surface area contributed by atoms with Crippen LogP contribution in [0.5, 0.6) is 0 Å². The third-order valence-electron chi connectivity index (χ3n) is 5.18. The number of carbonyl (C=O) groups is 2. The van der Waals surface area contributed by atoms with Crippen LogP contribution >= 0.6 is 0 Å². The van der Waals surface area contributed by atoms with E-state index in [4.69, 9.17) is 5.11 Å². The van der Waals surface area contributed by atoms with Crippen LogP contribution in [0.25, 0.3) is 0 Å². The van der Waals surface area contributed by atoms with Gasteiger partial charge in [-0.2, -0.15) is 0 Å². The highest BCUT2D eigenvalue weighted by Gasteiger charge is 2.36. The number of carboxylic acid groups (broad SMARTS) is 1. The predicted molar refractivity (Wildman–Crippen MR) is 101 cm³/mol. The van der Waals surface area contributed by atoms with Crippen molar-refractivity contribution in [2.75, 3.05) is 18.0 Å². The van der Waals surface area contributed by atoms with Gasteiger partial charge in [0.05, 0.1) is 17.4 Å². The van der Waals surface area contributed by atoms with Crippen LogP contribution < -0.4 is 4.90 Å². The number of pyridine rings is 2. The van der Waals surface area contributed by atoms with Crippen LogP contribution in [0.1, 0.15) is 46.5 Å². The minimum absolute atomic E-state index is 0.0311. The fraction of sp³-hybridized carbons (Fsp3) is 0.400. The van der Waals surface area contributed by atoms with Crippen LogP contribution in [0.2, 0.25) is 0 Å². The van der Waals surface area contributed by atoms with Crippen LogP contribution in [0, 0.1) is 0 Å². The number of carboxylic acids is 1. The lowest BCUT2D eigenvalue weighted by Crippen LogP contribution is -2.42. The van der Waals surface area contributed by atoms with Crippen LogP contribution in [0.15, 0.2) is 36.7 Å². The first-order valence-corrected chi connectivity index (χ1v) is 9.46. The largest absolute Gasteiger partial charge is 0.477 e. The highest BCUT2D eigenvalue weighted by Crippen LogP contribution is 2.37. The van der Waals surface area contributed by atoms with Crippen LogP contribution in [-0.4, -0.2) is 56.9 Å². The lowest BCUT2D eigenvalue weighted by atomic mass is 10.1. The molecular weight excluding hydrogens is 382 g/mol. The molecule has 0 radical (unpaired) electrons. The summed E-state index contributed by atoms with van der Waals surface area (Å²) in [6.07, 6.45) is 4.27. The summed E-state index contributed by atoms with van der Waals surface area (Å²) < 4.78 is 26.6. The van der Waals surface area contributed by atoms with Crippen LogP contribution in [-0.2, 0) is 0 Å². The molecule has 7 nitrogen and oxygen atoms in total. The van der Waals surface area contributed by atoms with Crippen molar-refractivity contribution in [1.82, 2.24) is 14.9 Å². The number of aromatic nitrogens is 2. The molecule has 2 aliphatic rings. The van der Waals surface area contributed by atoms with Gasteiger partial charge in [-0.15, -0.1) is 0 Å². The van der Waals surface area contributed by atoms with Gasteiger partial charge in [-0.25, -0.2) is 23.5 Å². The fourth-order valence-corrected chi connectivity index (χ4v) is 3.39. The quantitative estimate of drug-likeness (QED) is 0.826. The number of aromatic carboxylic acids is 1. The van der Waals surface area contributed by atoms with Crippen LogP contribution in [0.3, 0.4) is 0 Å². The second kappa shape index (κ2) is 7.38. The average Bonchev–Trinajstić information content (AvgIpc) is 3.54. The number of amides is 1. The van der Waals surface area contributed by atoms with Crippen LogP contribution in [0.4, 0.5) is 20.3 Å².